The van der Waals surface area contributed by atoms with E-state index in [1.54, 1.807) is 4.90 Å². The summed E-state index contributed by atoms with van der Waals surface area (Å²) in [6.45, 7) is 6.06. The van der Waals surface area contributed by atoms with Crippen LogP contribution in [-0.4, -0.2) is 50.1 Å². The van der Waals surface area contributed by atoms with Gasteiger partial charge in [0.2, 0.25) is 5.91 Å². The molecule has 114 valence electrons. The first-order valence-corrected chi connectivity index (χ1v) is 7.97. The molecule has 1 N–H and O–H groups in total. The fourth-order valence-corrected chi connectivity index (χ4v) is 3.93. The Morgan fingerprint density at radius 2 is 2.10 bits per heavy atom. The summed E-state index contributed by atoms with van der Waals surface area (Å²) in [5, 5.41) is 3.49. The largest absolute Gasteiger partial charge is 0.316 e. The zero-order valence-corrected chi connectivity index (χ0v) is 13.0. The van der Waals surface area contributed by atoms with E-state index < -0.39 is 0 Å². The number of nitrogens with one attached hydrogen (secondary N) is 1. The Morgan fingerprint density at radius 3 is 2.81 bits per heavy atom. The molecule has 2 aliphatic heterocycles. The van der Waals surface area contributed by atoms with Crippen molar-refractivity contribution in [3.63, 3.8) is 0 Å². The maximum absolute atomic E-state index is 12.5. The summed E-state index contributed by atoms with van der Waals surface area (Å²) >= 11 is 0. The summed E-state index contributed by atoms with van der Waals surface area (Å²) < 4.78 is 0. The van der Waals surface area contributed by atoms with Gasteiger partial charge in [0.15, 0.2) is 0 Å². The zero-order valence-electron chi connectivity index (χ0n) is 13.0. The van der Waals surface area contributed by atoms with Crippen LogP contribution in [0.2, 0.25) is 0 Å². The lowest BCUT2D eigenvalue weighted by molar-refractivity contribution is -0.119. The number of fused-ring (bicyclic) bond motifs is 1. The number of hydrogen-bond donors (Lipinski definition) is 1. The highest BCUT2D eigenvalue weighted by atomic mass is 16.2. The SMILES string of the molecule is CCC1C2CNCC2CN1CC(=O)N(C)c1ccccc1. The number of anilines is 1. The summed E-state index contributed by atoms with van der Waals surface area (Å²) in [5.41, 5.74) is 0.969. The number of likely N-dealkylation sites (tertiary alicyclic amines) is 1. The average molecular weight is 287 g/mol. The van der Waals surface area contributed by atoms with Crippen LogP contribution in [0.4, 0.5) is 5.69 Å². The lowest BCUT2D eigenvalue weighted by Crippen LogP contribution is -2.43. The van der Waals surface area contributed by atoms with Gasteiger partial charge < -0.3 is 10.2 Å². The van der Waals surface area contributed by atoms with E-state index in [9.17, 15) is 4.79 Å². The minimum Gasteiger partial charge on any atom is -0.316 e. The number of carbonyl (C=O) groups excluding carboxylic acids is 1. The molecule has 2 heterocycles. The predicted octanol–water partition coefficient (Wildman–Crippen LogP) is 1.58. The van der Waals surface area contributed by atoms with Crippen molar-refractivity contribution in [3.8, 4) is 0 Å². The summed E-state index contributed by atoms with van der Waals surface area (Å²) in [5.74, 6) is 1.64. The molecule has 0 spiro atoms. The summed E-state index contributed by atoms with van der Waals surface area (Å²) in [4.78, 5) is 16.7. The van der Waals surface area contributed by atoms with Crippen molar-refractivity contribution < 1.29 is 4.79 Å². The number of rotatable bonds is 4. The Hall–Kier alpha value is -1.39. The van der Waals surface area contributed by atoms with E-state index >= 15 is 0 Å². The molecule has 0 bridgehead atoms. The van der Waals surface area contributed by atoms with Gasteiger partial charge in [-0.2, -0.15) is 0 Å². The summed E-state index contributed by atoms with van der Waals surface area (Å²) in [6.07, 6.45) is 1.13. The van der Waals surface area contributed by atoms with Crippen molar-refractivity contribution in [2.75, 3.05) is 38.1 Å². The van der Waals surface area contributed by atoms with Gasteiger partial charge in [0.1, 0.15) is 0 Å². The minimum absolute atomic E-state index is 0.188. The third kappa shape index (κ3) is 2.83. The van der Waals surface area contributed by atoms with Crippen LogP contribution in [0, 0.1) is 11.8 Å². The van der Waals surface area contributed by atoms with Crippen LogP contribution in [0.1, 0.15) is 13.3 Å². The molecule has 0 aromatic heterocycles. The number of benzene rings is 1. The van der Waals surface area contributed by atoms with E-state index in [0.717, 1.165) is 43.6 Å². The summed E-state index contributed by atoms with van der Waals surface area (Å²) in [6, 6.07) is 10.4. The molecule has 1 aromatic carbocycles. The van der Waals surface area contributed by atoms with Gasteiger partial charge in [0.05, 0.1) is 6.54 Å². The molecule has 4 nitrogen and oxygen atoms in total. The van der Waals surface area contributed by atoms with Crippen LogP contribution >= 0.6 is 0 Å². The predicted molar refractivity (Wildman–Crippen MR) is 85.4 cm³/mol. The second-order valence-corrected chi connectivity index (χ2v) is 6.28. The van der Waals surface area contributed by atoms with Crippen molar-refractivity contribution in [2.24, 2.45) is 11.8 Å². The topological polar surface area (TPSA) is 35.6 Å². The minimum atomic E-state index is 0.188. The highest BCUT2D eigenvalue weighted by Gasteiger charge is 2.43. The first kappa shape index (κ1) is 14.5. The Bertz CT molecular complexity index is 490. The summed E-state index contributed by atoms with van der Waals surface area (Å²) in [7, 11) is 1.87. The molecule has 1 aromatic rings. The molecule has 0 radical (unpaired) electrons. The van der Waals surface area contributed by atoms with E-state index in [2.05, 4.69) is 17.1 Å². The number of amides is 1. The van der Waals surface area contributed by atoms with Crippen molar-refractivity contribution in [1.82, 2.24) is 10.2 Å². The molecule has 0 saturated carbocycles. The third-order valence-corrected chi connectivity index (χ3v) is 5.10. The first-order chi connectivity index (χ1) is 10.2. The van der Waals surface area contributed by atoms with Crippen molar-refractivity contribution >= 4 is 11.6 Å². The molecule has 2 fully saturated rings. The van der Waals surface area contributed by atoms with Gasteiger partial charge in [-0.25, -0.2) is 0 Å². The molecular formula is C17H25N3O. The maximum Gasteiger partial charge on any atom is 0.240 e. The molecule has 3 unspecified atom stereocenters. The second-order valence-electron chi connectivity index (χ2n) is 6.28. The number of likely N-dealkylation sites (N-methyl/N-ethyl adjacent to an activating group) is 1. The lowest BCUT2D eigenvalue weighted by Gasteiger charge is -2.28. The van der Waals surface area contributed by atoms with E-state index in [1.165, 1.54) is 0 Å². The van der Waals surface area contributed by atoms with E-state index in [1.807, 2.05) is 37.4 Å². The molecule has 3 atom stereocenters. The van der Waals surface area contributed by atoms with Gasteiger partial charge in [-0.3, -0.25) is 9.69 Å². The van der Waals surface area contributed by atoms with E-state index in [0.29, 0.717) is 12.6 Å². The fraction of sp³-hybridized carbons (Fsp3) is 0.588. The lowest BCUT2D eigenvalue weighted by atomic mass is 9.93. The second kappa shape index (κ2) is 6.16. The van der Waals surface area contributed by atoms with Crippen LogP contribution in [0.25, 0.3) is 0 Å². The quantitative estimate of drug-likeness (QED) is 0.913. The Balaban J connectivity index is 1.65. The smallest absolute Gasteiger partial charge is 0.240 e. The Kier molecular flexibility index (Phi) is 4.27. The average Bonchev–Trinajstić information content (AvgIpc) is 3.07. The fourth-order valence-electron chi connectivity index (χ4n) is 3.93. The Labute approximate surface area is 127 Å². The van der Waals surface area contributed by atoms with Crippen molar-refractivity contribution in [3.05, 3.63) is 30.3 Å². The molecule has 21 heavy (non-hydrogen) atoms. The zero-order chi connectivity index (χ0) is 14.8. The highest BCUT2D eigenvalue weighted by molar-refractivity contribution is 5.94. The van der Waals surface area contributed by atoms with Gasteiger partial charge in [-0.1, -0.05) is 25.1 Å². The number of carbonyl (C=O) groups is 1. The van der Waals surface area contributed by atoms with Crippen molar-refractivity contribution in [1.29, 1.82) is 0 Å². The number of nitrogens with zero attached hydrogens (tertiary/aromatic N) is 2. The molecular weight excluding hydrogens is 262 g/mol. The van der Waals surface area contributed by atoms with Crippen molar-refractivity contribution in [2.45, 2.75) is 19.4 Å². The van der Waals surface area contributed by atoms with Crippen LogP contribution in [0.15, 0.2) is 30.3 Å². The maximum atomic E-state index is 12.5. The van der Waals surface area contributed by atoms with Gasteiger partial charge in [-0.15, -0.1) is 0 Å². The van der Waals surface area contributed by atoms with E-state index in [4.69, 9.17) is 0 Å². The molecule has 4 heteroatoms. The van der Waals surface area contributed by atoms with Gasteiger partial charge >= 0.3 is 0 Å². The number of hydrogen-bond acceptors (Lipinski definition) is 3. The Morgan fingerprint density at radius 1 is 1.33 bits per heavy atom. The van der Waals surface area contributed by atoms with Gasteiger partial charge in [-0.05, 0) is 43.5 Å². The molecule has 2 saturated heterocycles. The van der Waals surface area contributed by atoms with Crippen LogP contribution in [0.5, 0.6) is 0 Å². The number of para-hydroxylation sites is 1. The standard InChI is InChI=1S/C17H25N3O/c1-3-16-15-10-18-9-13(15)11-20(16)12-17(21)19(2)14-7-5-4-6-8-14/h4-8,13,15-16,18H,3,9-12H2,1-2H3. The van der Waals surface area contributed by atoms with Crippen LogP contribution in [0.3, 0.4) is 0 Å². The highest BCUT2D eigenvalue weighted by Crippen LogP contribution is 2.34. The molecule has 1 amide bonds. The molecule has 2 aliphatic rings. The van der Waals surface area contributed by atoms with Gasteiger partial charge in [0, 0.05) is 25.3 Å². The monoisotopic (exact) mass is 287 g/mol. The molecule has 0 aliphatic carbocycles. The van der Waals surface area contributed by atoms with Crippen LogP contribution in [-0.2, 0) is 4.79 Å². The van der Waals surface area contributed by atoms with Gasteiger partial charge in [0.25, 0.3) is 0 Å². The third-order valence-electron chi connectivity index (χ3n) is 5.10. The van der Waals surface area contributed by atoms with Crippen LogP contribution < -0.4 is 10.2 Å². The normalized spacial score (nSPS) is 28.6. The molecule has 3 rings (SSSR count). The van der Waals surface area contributed by atoms with E-state index in [-0.39, 0.29) is 5.91 Å². The first-order valence-electron chi connectivity index (χ1n) is 7.97.